The molecule has 0 aliphatic heterocycles. The molecular weight excluding hydrogens is 324 g/mol. The number of nitrogens with one attached hydrogen (secondary N) is 2. The van der Waals surface area contributed by atoms with Gasteiger partial charge < -0.3 is 30.3 Å². The summed E-state index contributed by atoms with van der Waals surface area (Å²) in [5.41, 5.74) is 1.56. The maximum Gasteiger partial charge on any atom is 0.255 e. The minimum Gasteiger partial charge on any atom is -0.495 e. The maximum absolute atomic E-state index is 12.3. The van der Waals surface area contributed by atoms with Crippen molar-refractivity contribution in [2.24, 2.45) is 0 Å². The second-order valence-corrected chi connectivity index (χ2v) is 5.29. The van der Waals surface area contributed by atoms with E-state index < -0.39 is 6.10 Å². The van der Waals surface area contributed by atoms with Gasteiger partial charge in [-0.15, -0.1) is 0 Å². The van der Waals surface area contributed by atoms with E-state index in [1.165, 1.54) is 14.2 Å². The van der Waals surface area contributed by atoms with Gasteiger partial charge >= 0.3 is 0 Å². The summed E-state index contributed by atoms with van der Waals surface area (Å²) < 4.78 is 10.7. The Morgan fingerprint density at radius 1 is 1.08 bits per heavy atom. The Kier molecular flexibility index (Phi) is 6.62. The lowest BCUT2D eigenvalue weighted by molar-refractivity contribution is 0.102. The van der Waals surface area contributed by atoms with Crippen LogP contribution in [-0.2, 0) is 0 Å². The molecule has 2 rings (SSSR count). The number of anilines is 2. The minimum absolute atomic E-state index is 0.145. The fourth-order valence-corrected chi connectivity index (χ4v) is 2.21. The van der Waals surface area contributed by atoms with Gasteiger partial charge in [0.25, 0.3) is 5.91 Å². The van der Waals surface area contributed by atoms with Gasteiger partial charge in [-0.25, -0.2) is 0 Å². The Morgan fingerprint density at radius 3 is 2.28 bits per heavy atom. The van der Waals surface area contributed by atoms with E-state index in [1.54, 1.807) is 36.4 Å². The molecule has 134 valence electrons. The second-order valence-electron chi connectivity index (χ2n) is 5.29. The number of amides is 1. The molecule has 0 aromatic heterocycles. The van der Waals surface area contributed by atoms with Gasteiger partial charge in [-0.05, 0) is 12.1 Å². The first-order valence-corrected chi connectivity index (χ1v) is 7.74. The molecule has 1 amide bonds. The summed E-state index contributed by atoms with van der Waals surface area (Å²) in [6.45, 7) is -0.205. The van der Waals surface area contributed by atoms with Gasteiger partial charge in [0.1, 0.15) is 11.5 Å². The van der Waals surface area contributed by atoms with Crippen LogP contribution >= 0.6 is 0 Å². The lowest BCUT2D eigenvalue weighted by atomic mass is 10.2. The van der Waals surface area contributed by atoms with Crippen LogP contribution in [0.25, 0.3) is 0 Å². The first kappa shape index (κ1) is 18.6. The van der Waals surface area contributed by atoms with Crippen molar-refractivity contribution < 1.29 is 24.5 Å². The minimum atomic E-state index is -0.895. The van der Waals surface area contributed by atoms with Crippen LogP contribution in [0.15, 0.2) is 42.5 Å². The molecule has 1 unspecified atom stereocenters. The van der Waals surface area contributed by atoms with E-state index >= 15 is 0 Å². The van der Waals surface area contributed by atoms with Crippen LogP contribution in [0.1, 0.15) is 10.4 Å². The lowest BCUT2D eigenvalue weighted by Crippen LogP contribution is -2.23. The van der Waals surface area contributed by atoms with Crippen LogP contribution < -0.4 is 20.1 Å². The van der Waals surface area contributed by atoms with Crippen molar-refractivity contribution in [1.29, 1.82) is 0 Å². The third-order valence-corrected chi connectivity index (χ3v) is 3.54. The van der Waals surface area contributed by atoms with Gasteiger partial charge in [0.05, 0.1) is 38.3 Å². The Balaban J connectivity index is 2.24. The van der Waals surface area contributed by atoms with Crippen LogP contribution in [0.3, 0.4) is 0 Å². The van der Waals surface area contributed by atoms with Gasteiger partial charge in [0.15, 0.2) is 0 Å². The fraction of sp³-hybridized carbons (Fsp3) is 0.278. The van der Waals surface area contributed by atoms with Gasteiger partial charge in [0.2, 0.25) is 0 Å². The molecule has 4 N–H and O–H groups in total. The monoisotopic (exact) mass is 346 g/mol. The quantitative estimate of drug-likeness (QED) is 0.581. The topological polar surface area (TPSA) is 100 Å². The zero-order valence-corrected chi connectivity index (χ0v) is 14.2. The highest BCUT2D eigenvalue weighted by atomic mass is 16.5. The Bertz CT molecular complexity index is 706. The normalized spacial score (nSPS) is 11.5. The molecule has 1 atom stereocenters. The number of methoxy groups -OCH3 is 2. The van der Waals surface area contributed by atoms with Gasteiger partial charge in [-0.1, -0.05) is 18.2 Å². The molecule has 25 heavy (non-hydrogen) atoms. The maximum atomic E-state index is 12.3. The van der Waals surface area contributed by atoms with E-state index in [2.05, 4.69) is 10.6 Å². The van der Waals surface area contributed by atoms with E-state index in [0.29, 0.717) is 28.4 Å². The number of carbonyl (C=O) groups is 1. The molecule has 0 radical (unpaired) electrons. The number of hydrogen-bond acceptors (Lipinski definition) is 6. The molecule has 7 nitrogen and oxygen atoms in total. The number of rotatable bonds is 8. The Labute approximate surface area is 146 Å². The molecule has 0 fully saturated rings. The summed E-state index contributed by atoms with van der Waals surface area (Å²) >= 11 is 0. The van der Waals surface area contributed by atoms with Crippen LogP contribution in [0.2, 0.25) is 0 Å². The predicted octanol–water partition coefficient (Wildman–Crippen LogP) is 1.72. The van der Waals surface area contributed by atoms with Crippen LogP contribution in [0.5, 0.6) is 11.5 Å². The average molecular weight is 346 g/mol. The highest BCUT2D eigenvalue weighted by Crippen LogP contribution is 2.36. The molecule has 0 saturated carbocycles. The largest absolute Gasteiger partial charge is 0.495 e. The van der Waals surface area contributed by atoms with Gasteiger partial charge in [-0.3, -0.25) is 4.79 Å². The number of hydrogen-bond donors (Lipinski definition) is 4. The van der Waals surface area contributed by atoms with Gasteiger partial charge in [-0.2, -0.15) is 0 Å². The molecule has 0 aliphatic rings. The molecule has 0 heterocycles. The number of aliphatic hydroxyl groups is 2. The third-order valence-electron chi connectivity index (χ3n) is 3.54. The van der Waals surface area contributed by atoms with Crippen molar-refractivity contribution in [2.75, 3.05) is 38.0 Å². The van der Waals surface area contributed by atoms with E-state index in [1.807, 2.05) is 6.07 Å². The SMILES string of the molecule is COc1cc(NC(=O)c2ccccc2)c(OC)cc1NCC(O)CO. The first-order valence-electron chi connectivity index (χ1n) is 7.74. The molecule has 0 spiro atoms. The highest BCUT2D eigenvalue weighted by Gasteiger charge is 2.15. The predicted molar refractivity (Wildman–Crippen MR) is 95.5 cm³/mol. The van der Waals surface area contributed by atoms with Crippen LogP contribution in [-0.4, -0.2) is 49.6 Å². The third kappa shape index (κ3) is 4.85. The van der Waals surface area contributed by atoms with Crippen molar-refractivity contribution in [3.8, 4) is 11.5 Å². The number of ether oxygens (including phenoxy) is 2. The van der Waals surface area contributed by atoms with Crippen LogP contribution in [0, 0.1) is 0 Å². The summed E-state index contributed by atoms with van der Waals surface area (Å²) in [7, 11) is 2.99. The number of aliphatic hydroxyl groups excluding tert-OH is 2. The fourth-order valence-electron chi connectivity index (χ4n) is 2.21. The average Bonchev–Trinajstić information content (AvgIpc) is 2.66. The van der Waals surface area contributed by atoms with Crippen molar-refractivity contribution in [1.82, 2.24) is 0 Å². The summed E-state index contributed by atoms with van der Waals surface area (Å²) in [4.78, 5) is 12.3. The van der Waals surface area contributed by atoms with E-state index in [4.69, 9.17) is 14.6 Å². The van der Waals surface area contributed by atoms with Gasteiger partial charge in [0, 0.05) is 24.2 Å². The molecule has 7 heteroatoms. The Morgan fingerprint density at radius 2 is 1.68 bits per heavy atom. The molecule has 0 aliphatic carbocycles. The van der Waals surface area contributed by atoms with E-state index in [9.17, 15) is 9.90 Å². The van der Waals surface area contributed by atoms with E-state index in [0.717, 1.165) is 0 Å². The molecule has 2 aromatic carbocycles. The summed E-state index contributed by atoms with van der Waals surface area (Å²) in [5, 5.41) is 24.1. The molecule has 2 aromatic rings. The summed E-state index contributed by atoms with van der Waals surface area (Å²) in [6, 6.07) is 12.1. The first-order chi connectivity index (χ1) is 12.1. The number of benzene rings is 2. The molecule has 0 saturated heterocycles. The molecule has 0 bridgehead atoms. The smallest absolute Gasteiger partial charge is 0.255 e. The van der Waals surface area contributed by atoms with E-state index in [-0.39, 0.29) is 19.1 Å². The zero-order chi connectivity index (χ0) is 18.2. The molecular formula is C18H22N2O5. The second kappa shape index (κ2) is 8.91. The highest BCUT2D eigenvalue weighted by molar-refractivity contribution is 6.05. The van der Waals surface area contributed by atoms with Crippen molar-refractivity contribution in [3.05, 3.63) is 48.0 Å². The Hall–Kier alpha value is -2.77. The standard InChI is InChI=1S/C18H22N2O5/c1-24-16-9-15(20-18(23)12-6-4-3-5-7-12)17(25-2)8-14(16)19-10-13(22)11-21/h3-9,13,19,21-22H,10-11H2,1-2H3,(H,20,23). The van der Waals surface area contributed by atoms with Crippen molar-refractivity contribution in [3.63, 3.8) is 0 Å². The zero-order valence-electron chi connectivity index (χ0n) is 14.2. The lowest BCUT2D eigenvalue weighted by Gasteiger charge is -2.17. The van der Waals surface area contributed by atoms with Crippen molar-refractivity contribution in [2.45, 2.75) is 6.10 Å². The van der Waals surface area contributed by atoms with Crippen molar-refractivity contribution >= 4 is 17.3 Å². The van der Waals surface area contributed by atoms with Crippen LogP contribution in [0.4, 0.5) is 11.4 Å². The summed E-state index contributed by atoms with van der Waals surface area (Å²) in [6.07, 6.45) is -0.895. The number of carbonyl (C=O) groups excluding carboxylic acids is 1. The summed E-state index contributed by atoms with van der Waals surface area (Å²) in [5.74, 6) is 0.637.